The van der Waals surface area contributed by atoms with E-state index in [-0.39, 0.29) is 12.1 Å². The first-order valence-electron chi connectivity index (χ1n) is 9.32. The van der Waals surface area contributed by atoms with Gasteiger partial charge in [-0.05, 0) is 55.2 Å². The third-order valence-corrected chi connectivity index (χ3v) is 5.35. The van der Waals surface area contributed by atoms with Crippen LogP contribution >= 0.6 is 11.6 Å². The molecule has 1 saturated heterocycles. The monoisotopic (exact) mass is 382 g/mol. The average Bonchev–Trinajstić information content (AvgIpc) is 2.80. The van der Waals surface area contributed by atoms with Gasteiger partial charge in [-0.2, -0.15) is 0 Å². The molecule has 140 valence electrons. The lowest BCUT2D eigenvalue weighted by atomic mass is 10.1. The minimum absolute atomic E-state index is 0.129. The number of nitrogens with one attached hydrogen (secondary N) is 1. The number of amides is 2. The molecule has 4 rings (SSSR count). The molecular formula is C21H23ClN4O. The molecule has 6 heteroatoms. The van der Waals surface area contributed by atoms with Crippen LogP contribution in [0.2, 0.25) is 5.02 Å². The highest BCUT2D eigenvalue weighted by Gasteiger charge is 2.32. The van der Waals surface area contributed by atoms with Gasteiger partial charge in [-0.15, -0.1) is 0 Å². The van der Waals surface area contributed by atoms with Crippen molar-refractivity contribution in [2.24, 2.45) is 0 Å². The lowest BCUT2D eigenvalue weighted by molar-refractivity contribution is 0.146. The van der Waals surface area contributed by atoms with E-state index < -0.39 is 0 Å². The zero-order valence-corrected chi connectivity index (χ0v) is 16.1. The van der Waals surface area contributed by atoms with Crippen LogP contribution in [-0.2, 0) is 12.8 Å². The third-order valence-electron chi connectivity index (χ3n) is 5.11. The van der Waals surface area contributed by atoms with Crippen molar-refractivity contribution in [3.63, 3.8) is 0 Å². The second kappa shape index (κ2) is 7.71. The summed E-state index contributed by atoms with van der Waals surface area (Å²) in [5, 5.41) is 3.85. The van der Waals surface area contributed by atoms with Gasteiger partial charge in [0.1, 0.15) is 5.82 Å². The van der Waals surface area contributed by atoms with Crippen molar-refractivity contribution < 1.29 is 4.79 Å². The largest absolute Gasteiger partial charge is 0.332 e. The minimum Gasteiger partial charge on any atom is -0.332 e. The molecule has 1 aromatic heterocycles. The van der Waals surface area contributed by atoms with E-state index in [1.165, 1.54) is 0 Å². The van der Waals surface area contributed by atoms with Crippen LogP contribution in [0, 0.1) is 0 Å². The SMILES string of the molecule is C/C=C/CN1CC(NC(=O)N2c3ccc(Cl)cc3CCc3cccnc32)C1. The van der Waals surface area contributed by atoms with Gasteiger partial charge in [0.25, 0.3) is 0 Å². The summed E-state index contributed by atoms with van der Waals surface area (Å²) in [6.07, 6.45) is 7.59. The van der Waals surface area contributed by atoms with E-state index in [9.17, 15) is 4.79 Å². The molecule has 2 aromatic rings. The Kier molecular flexibility index (Phi) is 5.14. The van der Waals surface area contributed by atoms with Gasteiger partial charge in [-0.1, -0.05) is 29.8 Å². The highest BCUT2D eigenvalue weighted by atomic mass is 35.5. The van der Waals surface area contributed by atoms with E-state index in [2.05, 4.69) is 21.3 Å². The minimum atomic E-state index is -0.129. The average molecular weight is 383 g/mol. The number of carbonyl (C=O) groups is 1. The highest BCUT2D eigenvalue weighted by molar-refractivity contribution is 6.30. The van der Waals surface area contributed by atoms with Crippen molar-refractivity contribution >= 4 is 29.1 Å². The summed E-state index contributed by atoms with van der Waals surface area (Å²) in [6.45, 7) is 4.68. The fourth-order valence-corrected chi connectivity index (χ4v) is 3.89. The number of halogens is 1. The van der Waals surface area contributed by atoms with Crippen LogP contribution in [0.1, 0.15) is 18.1 Å². The fraction of sp³-hybridized carbons (Fsp3) is 0.333. The Hall–Kier alpha value is -2.37. The first-order chi connectivity index (χ1) is 13.2. The van der Waals surface area contributed by atoms with Crippen molar-refractivity contribution in [2.45, 2.75) is 25.8 Å². The van der Waals surface area contributed by atoms with Crippen molar-refractivity contribution in [1.82, 2.24) is 15.2 Å². The Morgan fingerprint density at radius 2 is 2.11 bits per heavy atom. The van der Waals surface area contributed by atoms with Gasteiger partial charge in [-0.3, -0.25) is 4.90 Å². The van der Waals surface area contributed by atoms with Gasteiger partial charge < -0.3 is 5.32 Å². The summed E-state index contributed by atoms with van der Waals surface area (Å²) >= 11 is 6.20. The summed E-state index contributed by atoms with van der Waals surface area (Å²) in [5.74, 6) is 0.709. The number of carbonyl (C=O) groups excluding carboxylic acids is 1. The summed E-state index contributed by atoms with van der Waals surface area (Å²) in [4.78, 5) is 21.7. The summed E-state index contributed by atoms with van der Waals surface area (Å²) in [5.41, 5.74) is 3.00. The molecule has 0 atom stereocenters. The molecule has 0 aliphatic carbocycles. The summed E-state index contributed by atoms with van der Waals surface area (Å²) in [6, 6.07) is 9.69. The maximum Gasteiger partial charge on any atom is 0.328 e. The topological polar surface area (TPSA) is 48.5 Å². The number of urea groups is 1. The Balaban J connectivity index is 1.58. The maximum atomic E-state index is 13.2. The maximum absolute atomic E-state index is 13.2. The number of nitrogens with zero attached hydrogens (tertiary/aromatic N) is 3. The van der Waals surface area contributed by atoms with Gasteiger partial charge in [0.05, 0.1) is 11.7 Å². The number of aryl methyl sites for hydroxylation is 2. The van der Waals surface area contributed by atoms with E-state index in [1.54, 1.807) is 11.1 Å². The van der Waals surface area contributed by atoms with Crippen LogP contribution in [0.4, 0.5) is 16.3 Å². The predicted molar refractivity (Wildman–Crippen MR) is 109 cm³/mol. The number of pyridine rings is 1. The normalized spacial score (nSPS) is 17.2. The van der Waals surface area contributed by atoms with Gasteiger partial charge in [0, 0.05) is 30.9 Å². The van der Waals surface area contributed by atoms with Gasteiger partial charge >= 0.3 is 6.03 Å². The number of likely N-dealkylation sites (tertiary alicyclic amines) is 1. The molecule has 2 amide bonds. The summed E-state index contributed by atoms with van der Waals surface area (Å²) in [7, 11) is 0. The molecule has 0 unspecified atom stereocenters. The Morgan fingerprint density at radius 3 is 2.93 bits per heavy atom. The molecule has 2 aliphatic heterocycles. The third kappa shape index (κ3) is 3.70. The Bertz CT molecular complexity index is 876. The molecule has 0 spiro atoms. The number of hydrogen-bond acceptors (Lipinski definition) is 3. The van der Waals surface area contributed by atoms with Crippen molar-refractivity contribution in [3.8, 4) is 0 Å². The van der Waals surface area contributed by atoms with Crippen LogP contribution in [-0.4, -0.2) is 41.6 Å². The number of benzene rings is 1. The van der Waals surface area contributed by atoms with Gasteiger partial charge in [0.15, 0.2) is 0 Å². The molecule has 3 heterocycles. The zero-order valence-electron chi connectivity index (χ0n) is 15.4. The molecule has 0 radical (unpaired) electrons. The smallest absolute Gasteiger partial charge is 0.328 e. The van der Waals surface area contributed by atoms with Crippen molar-refractivity contribution in [1.29, 1.82) is 0 Å². The molecule has 2 aliphatic rings. The molecule has 0 saturated carbocycles. The molecule has 1 fully saturated rings. The van der Waals surface area contributed by atoms with Crippen molar-refractivity contribution in [2.75, 3.05) is 24.5 Å². The first kappa shape index (κ1) is 18.0. The van der Waals surface area contributed by atoms with Crippen LogP contribution in [0.3, 0.4) is 0 Å². The van der Waals surface area contributed by atoms with Crippen LogP contribution in [0.15, 0.2) is 48.7 Å². The lowest BCUT2D eigenvalue weighted by Gasteiger charge is -2.39. The van der Waals surface area contributed by atoms with Crippen LogP contribution in [0.5, 0.6) is 0 Å². The van der Waals surface area contributed by atoms with E-state index >= 15 is 0 Å². The van der Waals surface area contributed by atoms with Crippen molar-refractivity contribution in [3.05, 3.63) is 64.8 Å². The highest BCUT2D eigenvalue weighted by Crippen LogP contribution is 2.36. The molecule has 1 N–H and O–H groups in total. The number of anilines is 2. The predicted octanol–water partition coefficient (Wildman–Crippen LogP) is 3.94. The molecule has 27 heavy (non-hydrogen) atoms. The molecule has 0 bridgehead atoms. The Labute approximate surface area is 164 Å². The lowest BCUT2D eigenvalue weighted by Crippen LogP contribution is -2.60. The van der Waals surface area contributed by atoms with Crippen LogP contribution < -0.4 is 10.2 Å². The van der Waals surface area contributed by atoms with E-state index in [1.807, 2.05) is 43.3 Å². The molecule has 5 nitrogen and oxygen atoms in total. The number of aromatic nitrogens is 1. The van der Waals surface area contributed by atoms with E-state index in [0.29, 0.717) is 10.8 Å². The summed E-state index contributed by atoms with van der Waals surface area (Å²) < 4.78 is 0. The van der Waals surface area contributed by atoms with Gasteiger partial charge in [-0.25, -0.2) is 14.7 Å². The fourth-order valence-electron chi connectivity index (χ4n) is 3.69. The standard InChI is InChI=1S/C21H23ClN4O/c1-2-3-11-25-13-18(14-25)24-21(27)26-19-9-8-17(22)12-16(19)7-6-15-5-4-10-23-20(15)26/h2-5,8-10,12,18H,6-7,11,13-14H2,1H3,(H,24,27)/b3-2+. The Morgan fingerprint density at radius 1 is 1.30 bits per heavy atom. The zero-order chi connectivity index (χ0) is 18.8. The first-order valence-corrected chi connectivity index (χ1v) is 9.70. The molecular weight excluding hydrogens is 360 g/mol. The number of hydrogen-bond donors (Lipinski definition) is 1. The molecule has 1 aromatic carbocycles. The van der Waals surface area contributed by atoms with Gasteiger partial charge in [0.2, 0.25) is 0 Å². The number of rotatable bonds is 3. The number of allylic oxidation sites excluding steroid dienone is 1. The second-order valence-electron chi connectivity index (χ2n) is 7.03. The quantitative estimate of drug-likeness (QED) is 0.818. The van der Waals surface area contributed by atoms with Crippen LogP contribution in [0.25, 0.3) is 0 Å². The van der Waals surface area contributed by atoms with E-state index in [0.717, 1.165) is 49.3 Å². The van der Waals surface area contributed by atoms with E-state index in [4.69, 9.17) is 11.6 Å². The second-order valence-corrected chi connectivity index (χ2v) is 7.47. The number of fused-ring (bicyclic) bond motifs is 2.